The van der Waals surface area contributed by atoms with Crippen LogP contribution < -0.4 is 17.0 Å². The molecular formula is C14H16N2O5. The molecule has 7 nitrogen and oxygen atoms in total. The second-order valence-corrected chi connectivity index (χ2v) is 3.76. The molecule has 0 spiro atoms. The molecule has 0 aliphatic rings. The second kappa shape index (κ2) is 7.63. The third-order valence-electron chi connectivity index (χ3n) is 2.44. The summed E-state index contributed by atoms with van der Waals surface area (Å²) >= 11 is 0. The fraction of sp³-hybridized carbons (Fsp3) is 0. The summed E-state index contributed by atoms with van der Waals surface area (Å²) < 4.78 is 5.46. The summed E-state index contributed by atoms with van der Waals surface area (Å²) in [6.45, 7) is 0. The zero-order valence-corrected chi connectivity index (χ0v) is 11.2. The fourth-order valence-electron chi connectivity index (χ4n) is 1.47. The Kier molecular flexibility index (Phi) is 6.58. The monoisotopic (exact) mass is 292 g/mol. The van der Waals surface area contributed by atoms with Crippen LogP contribution in [0.25, 0.3) is 0 Å². The van der Waals surface area contributed by atoms with Gasteiger partial charge in [0, 0.05) is 0 Å². The Hall–Kier alpha value is -2.90. The number of ether oxygens (including phenoxy) is 1. The topological polar surface area (TPSA) is 154 Å². The van der Waals surface area contributed by atoms with Crippen molar-refractivity contribution in [2.24, 2.45) is 0 Å². The highest BCUT2D eigenvalue weighted by Crippen LogP contribution is 2.22. The molecule has 112 valence electrons. The van der Waals surface area contributed by atoms with Crippen LogP contribution in [0, 0.1) is 0 Å². The van der Waals surface area contributed by atoms with Crippen molar-refractivity contribution in [3.8, 4) is 11.5 Å². The first-order chi connectivity index (χ1) is 9.06. The lowest BCUT2D eigenvalue weighted by atomic mass is 10.2. The molecular weight excluding hydrogens is 276 g/mol. The molecule has 0 aliphatic heterocycles. The average molecular weight is 292 g/mol. The van der Waals surface area contributed by atoms with Crippen molar-refractivity contribution in [3.05, 3.63) is 59.7 Å². The number of carbonyl (C=O) groups is 2. The van der Waals surface area contributed by atoms with Crippen LogP contribution >= 0.6 is 0 Å². The number of hydrogen-bond donors (Lipinski definition) is 4. The predicted octanol–water partition coefficient (Wildman–Crippen LogP) is 3.20. The smallest absolute Gasteiger partial charge is 0.335 e. The first-order valence-corrected chi connectivity index (χ1v) is 5.41. The van der Waals surface area contributed by atoms with Crippen LogP contribution in [-0.4, -0.2) is 22.2 Å². The van der Waals surface area contributed by atoms with E-state index in [-0.39, 0.29) is 23.4 Å². The van der Waals surface area contributed by atoms with Crippen molar-refractivity contribution >= 4 is 11.9 Å². The minimum absolute atomic E-state index is 0. The molecule has 0 saturated heterocycles. The highest BCUT2D eigenvalue weighted by Gasteiger charge is 2.04. The second-order valence-electron chi connectivity index (χ2n) is 3.76. The van der Waals surface area contributed by atoms with E-state index in [1.807, 2.05) is 0 Å². The molecule has 2 aromatic rings. The first kappa shape index (κ1) is 18.1. The molecule has 2 aromatic carbocycles. The standard InChI is InChI=1S/C14H10O5.2H3N/c15-13(16)9-1-5-11(6-2-9)19-12-7-3-10(4-8-12)14(17)18;;/h1-8H,(H,15,16)(H,17,18);2*1H3. The van der Waals surface area contributed by atoms with Crippen molar-refractivity contribution in [2.75, 3.05) is 0 Å². The number of carboxylic acid groups (broad SMARTS) is 2. The summed E-state index contributed by atoms with van der Waals surface area (Å²) in [5, 5.41) is 17.5. The van der Waals surface area contributed by atoms with E-state index in [4.69, 9.17) is 14.9 Å². The summed E-state index contributed by atoms with van der Waals surface area (Å²) in [5.74, 6) is -1.05. The number of benzene rings is 2. The van der Waals surface area contributed by atoms with E-state index in [1.165, 1.54) is 48.5 Å². The van der Waals surface area contributed by atoms with Gasteiger partial charge >= 0.3 is 11.9 Å². The maximum atomic E-state index is 10.7. The van der Waals surface area contributed by atoms with Gasteiger partial charge in [0.05, 0.1) is 11.1 Å². The largest absolute Gasteiger partial charge is 0.478 e. The van der Waals surface area contributed by atoms with Gasteiger partial charge in [0.1, 0.15) is 11.5 Å². The van der Waals surface area contributed by atoms with Gasteiger partial charge in [-0.15, -0.1) is 0 Å². The minimum Gasteiger partial charge on any atom is -0.478 e. The van der Waals surface area contributed by atoms with E-state index in [9.17, 15) is 9.59 Å². The Balaban J connectivity index is 0.00000200. The molecule has 0 amide bonds. The van der Waals surface area contributed by atoms with Crippen LogP contribution in [0.5, 0.6) is 11.5 Å². The SMILES string of the molecule is N.N.O=C(O)c1ccc(Oc2ccc(C(=O)O)cc2)cc1. The highest BCUT2D eigenvalue weighted by molar-refractivity contribution is 5.88. The van der Waals surface area contributed by atoms with Crippen LogP contribution in [0.15, 0.2) is 48.5 Å². The van der Waals surface area contributed by atoms with Crippen LogP contribution in [0.4, 0.5) is 0 Å². The molecule has 0 radical (unpaired) electrons. The Morgan fingerprint density at radius 2 is 0.952 bits per heavy atom. The summed E-state index contributed by atoms with van der Waals surface area (Å²) in [7, 11) is 0. The third-order valence-corrected chi connectivity index (χ3v) is 2.44. The Morgan fingerprint density at radius 3 is 1.19 bits per heavy atom. The quantitative estimate of drug-likeness (QED) is 0.674. The highest BCUT2D eigenvalue weighted by atomic mass is 16.5. The van der Waals surface area contributed by atoms with Gasteiger partial charge in [0.15, 0.2) is 0 Å². The summed E-state index contributed by atoms with van der Waals surface area (Å²) in [6, 6.07) is 11.9. The number of hydrogen-bond acceptors (Lipinski definition) is 5. The Morgan fingerprint density at radius 1 is 0.667 bits per heavy atom. The van der Waals surface area contributed by atoms with Crippen molar-refractivity contribution < 1.29 is 24.5 Å². The van der Waals surface area contributed by atoms with E-state index in [2.05, 4.69) is 0 Å². The predicted molar refractivity (Wildman–Crippen MR) is 76.9 cm³/mol. The van der Waals surface area contributed by atoms with Crippen molar-refractivity contribution in [1.29, 1.82) is 0 Å². The Bertz CT molecular complexity index is 553. The maximum absolute atomic E-state index is 10.7. The van der Waals surface area contributed by atoms with Crippen LogP contribution in [0.1, 0.15) is 20.7 Å². The number of rotatable bonds is 4. The van der Waals surface area contributed by atoms with E-state index in [1.54, 1.807) is 0 Å². The summed E-state index contributed by atoms with van der Waals surface area (Å²) in [6.07, 6.45) is 0. The normalized spacial score (nSPS) is 8.95. The molecule has 8 N–H and O–H groups in total. The molecule has 21 heavy (non-hydrogen) atoms. The lowest BCUT2D eigenvalue weighted by Gasteiger charge is -2.06. The van der Waals surface area contributed by atoms with Crippen LogP contribution in [0.2, 0.25) is 0 Å². The minimum atomic E-state index is -1.00. The number of carboxylic acids is 2. The molecule has 0 aromatic heterocycles. The summed E-state index contributed by atoms with van der Waals surface area (Å²) in [4.78, 5) is 21.4. The van der Waals surface area contributed by atoms with E-state index < -0.39 is 11.9 Å². The molecule has 0 bridgehead atoms. The number of aromatic carboxylic acids is 2. The van der Waals surface area contributed by atoms with Crippen LogP contribution in [-0.2, 0) is 0 Å². The molecule has 0 aliphatic carbocycles. The van der Waals surface area contributed by atoms with E-state index >= 15 is 0 Å². The van der Waals surface area contributed by atoms with Crippen molar-refractivity contribution in [2.45, 2.75) is 0 Å². The Labute approximate surface area is 121 Å². The van der Waals surface area contributed by atoms with Crippen molar-refractivity contribution in [3.63, 3.8) is 0 Å². The lowest BCUT2D eigenvalue weighted by Crippen LogP contribution is -1.96. The zero-order valence-electron chi connectivity index (χ0n) is 11.2. The van der Waals surface area contributed by atoms with Gasteiger partial charge in [-0.05, 0) is 48.5 Å². The van der Waals surface area contributed by atoms with Gasteiger partial charge in [-0.25, -0.2) is 9.59 Å². The van der Waals surface area contributed by atoms with E-state index in [0.29, 0.717) is 11.5 Å². The van der Waals surface area contributed by atoms with Crippen LogP contribution in [0.3, 0.4) is 0 Å². The fourth-order valence-corrected chi connectivity index (χ4v) is 1.47. The molecule has 0 saturated carbocycles. The summed E-state index contributed by atoms with van der Waals surface area (Å²) in [5.41, 5.74) is 0.349. The van der Waals surface area contributed by atoms with E-state index in [0.717, 1.165) is 0 Å². The lowest BCUT2D eigenvalue weighted by molar-refractivity contribution is 0.0686. The maximum Gasteiger partial charge on any atom is 0.335 e. The molecule has 7 heteroatoms. The molecule has 0 fully saturated rings. The van der Waals surface area contributed by atoms with Gasteiger partial charge in [0.25, 0.3) is 0 Å². The van der Waals surface area contributed by atoms with Crippen molar-refractivity contribution in [1.82, 2.24) is 12.3 Å². The zero-order chi connectivity index (χ0) is 13.8. The van der Waals surface area contributed by atoms with Gasteiger partial charge in [0.2, 0.25) is 0 Å². The molecule has 0 unspecified atom stereocenters. The molecule has 0 heterocycles. The van der Waals surface area contributed by atoms with Gasteiger partial charge < -0.3 is 27.3 Å². The molecule has 0 atom stereocenters. The first-order valence-electron chi connectivity index (χ1n) is 5.41. The van der Waals surface area contributed by atoms with Gasteiger partial charge in [-0.1, -0.05) is 0 Å². The third kappa shape index (κ3) is 4.60. The molecule has 2 rings (SSSR count). The van der Waals surface area contributed by atoms with Gasteiger partial charge in [-0.2, -0.15) is 0 Å². The average Bonchev–Trinajstić information content (AvgIpc) is 2.40. The van der Waals surface area contributed by atoms with Gasteiger partial charge in [-0.3, -0.25) is 0 Å².